The second-order valence-corrected chi connectivity index (χ2v) is 7.32. The summed E-state index contributed by atoms with van der Waals surface area (Å²) in [7, 11) is 0. The van der Waals surface area contributed by atoms with E-state index in [1.807, 2.05) is 4.90 Å². The molecule has 7 heteroatoms. The Morgan fingerprint density at radius 2 is 1.78 bits per heavy atom. The molecule has 2 heterocycles. The lowest BCUT2D eigenvalue weighted by atomic mass is 9.87. The first-order chi connectivity index (χ1) is 13.1. The van der Waals surface area contributed by atoms with Gasteiger partial charge in [-0.3, -0.25) is 24.0 Å². The van der Waals surface area contributed by atoms with Crippen molar-refractivity contribution in [1.29, 1.82) is 0 Å². The van der Waals surface area contributed by atoms with Crippen molar-refractivity contribution < 1.29 is 4.79 Å². The highest BCUT2D eigenvalue weighted by molar-refractivity contribution is 5.76. The minimum absolute atomic E-state index is 0.0353. The number of aromatic amines is 1. The average molecular weight is 368 g/mol. The maximum atomic E-state index is 12.5. The average Bonchev–Trinajstić information content (AvgIpc) is 2.70. The van der Waals surface area contributed by atoms with E-state index in [1.54, 1.807) is 0 Å². The van der Waals surface area contributed by atoms with E-state index in [1.165, 1.54) is 28.0 Å². The number of hydrogen-bond donors (Lipinski definition) is 1. The molecule has 1 N–H and O–H groups in total. The number of nitrogens with zero attached hydrogens (tertiary/aromatic N) is 3. The van der Waals surface area contributed by atoms with Crippen LogP contribution < -0.4 is 11.2 Å². The van der Waals surface area contributed by atoms with Gasteiger partial charge in [-0.2, -0.15) is 0 Å². The Labute approximate surface area is 157 Å². The van der Waals surface area contributed by atoms with Crippen LogP contribution in [-0.2, 0) is 24.2 Å². The fraction of sp³-hybridized carbons (Fsp3) is 0.450. The molecule has 4 rings (SSSR count). The molecule has 1 aromatic heterocycles. The van der Waals surface area contributed by atoms with E-state index in [4.69, 9.17) is 0 Å². The van der Waals surface area contributed by atoms with Crippen LogP contribution in [0.4, 0.5) is 0 Å². The summed E-state index contributed by atoms with van der Waals surface area (Å²) in [5.74, 6) is -0.0854. The van der Waals surface area contributed by atoms with E-state index >= 15 is 0 Å². The lowest BCUT2D eigenvalue weighted by Crippen LogP contribution is -2.53. The van der Waals surface area contributed by atoms with Gasteiger partial charge in [0.05, 0.1) is 0 Å². The van der Waals surface area contributed by atoms with Gasteiger partial charge in [0.15, 0.2) is 0 Å². The van der Waals surface area contributed by atoms with Gasteiger partial charge < -0.3 is 4.90 Å². The summed E-state index contributed by atoms with van der Waals surface area (Å²) < 4.78 is 1.24. The van der Waals surface area contributed by atoms with Crippen molar-refractivity contribution in [3.63, 3.8) is 0 Å². The third-order valence-electron chi connectivity index (χ3n) is 5.71. The van der Waals surface area contributed by atoms with Gasteiger partial charge >= 0.3 is 5.69 Å². The van der Waals surface area contributed by atoms with Gasteiger partial charge in [-0.15, -0.1) is 0 Å². The fourth-order valence-corrected chi connectivity index (χ4v) is 4.14. The highest BCUT2D eigenvalue weighted by Crippen LogP contribution is 2.25. The number of piperazine rings is 1. The molecule has 0 saturated carbocycles. The number of rotatable bonds is 3. The minimum Gasteiger partial charge on any atom is -0.339 e. The lowest BCUT2D eigenvalue weighted by Gasteiger charge is -2.41. The molecule has 0 spiro atoms. The first kappa shape index (κ1) is 17.7. The number of amides is 1. The monoisotopic (exact) mass is 368 g/mol. The van der Waals surface area contributed by atoms with Crippen molar-refractivity contribution in [2.45, 2.75) is 31.8 Å². The SMILES string of the molecule is O=C(Cn1ccc(=O)[nH]c1=O)N1CCN(C2CCc3ccccc3C2)CC1. The van der Waals surface area contributed by atoms with Crippen LogP contribution in [0.25, 0.3) is 0 Å². The molecule has 2 aromatic rings. The van der Waals surface area contributed by atoms with Crippen molar-refractivity contribution in [2.24, 2.45) is 0 Å². The fourth-order valence-electron chi connectivity index (χ4n) is 4.14. The largest absolute Gasteiger partial charge is 0.339 e. The van der Waals surface area contributed by atoms with Gasteiger partial charge in [0.25, 0.3) is 5.56 Å². The summed E-state index contributed by atoms with van der Waals surface area (Å²) in [6, 6.07) is 10.5. The van der Waals surface area contributed by atoms with E-state index in [0.717, 1.165) is 32.4 Å². The topological polar surface area (TPSA) is 78.4 Å². The van der Waals surface area contributed by atoms with Crippen molar-refractivity contribution in [2.75, 3.05) is 26.2 Å². The van der Waals surface area contributed by atoms with Gasteiger partial charge in [0.1, 0.15) is 6.54 Å². The number of hydrogen-bond acceptors (Lipinski definition) is 4. The summed E-state index contributed by atoms with van der Waals surface area (Å²) in [4.78, 5) is 41.9. The summed E-state index contributed by atoms with van der Waals surface area (Å²) >= 11 is 0. The number of H-pyrrole nitrogens is 1. The van der Waals surface area contributed by atoms with Crippen LogP contribution in [0.15, 0.2) is 46.1 Å². The molecular weight excluding hydrogens is 344 g/mol. The zero-order valence-electron chi connectivity index (χ0n) is 15.3. The van der Waals surface area contributed by atoms with Gasteiger partial charge in [-0.05, 0) is 30.4 Å². The second kappa shape index (κ2) is 7.52. The Morgan fingerprint density at radius 1 is 1.04 bits per heavy atom. The molecule has 1 aliphatic carbocycles. The van der Waals surface area contributed by atoms with Crippen LogP contribution in [0, 0.1) is 0 Å². The molecule has 27 heavy (non-hydrogen) atoms. The van der Waals surface area contributed by atoms with Crippen LogP contribution >= 0.6 is 0 Å². The standard InChI is InChI=1S/C20H24N4O3/c25-18-7-8-24(20(27)21-18)14-19(26)23-11-9-22(10-12-23)17-6-5-15-3-1-2-4-16(15)13-17/h1-4,7-8,17H,5-6,9-14H2,(H,21,25,27). The number of carbonyl (C=O) groups is 1. The molecule has 0 radical (unpaired) electrons. The first-order valence-electron chi connectivity index (χ1n) is 9.48. The zero-order valence-corrected chi connectivity index (χ0v) is 15.3. The third-order valence-corrected chi connectivity index (χ3v) is 5.71. The number of carbonyl (C=O) groups excluding carboxylic acids is 1. The van der Waals surface area contributed by atoms with Crippen molar-refractivity contribution in [3.8, 4) is 0 Å². The summed E-state index contributed by atoms with van der Waals surface area (Å²) in [6.07, 6.45) is 4.73. The van der Waals surface area contributed by atoms with Crippen molar-refractivity contribution in [1.82, 2.24) is 19.4 Å². The molecule has 1 amide bonds. The van der Waals surface area contributed by atoms with Gasteiger partial charge in [0.2, 0.25) is 5.91 Å². The van der Waals surface area contributed by atoms with Crippen LogP contribution in [-0.4, -0.2) is 57.5 Å². The Morgan fingerprint density at radius 3 is 2.52 bits per heavy atom. The molecule has 1 unspecified atom stereocenters. The predicted octanol–water partition coefficient (Wildman–Crippen LogP) is 0.238. The maximum absolute atomic E-state index is 12.5. The normalized spacial score (nSPS) is 20.3. The van der Waals surface area contributed by atoms with Crippen molar-refractivity contribution in [3.05, 3.63) is 68.5 Å². The number of benzene rings is 1. The quantitative estimate of drug-likeness (QED) is 0.842. The molecule has 1 aliphatic heterocycles. The molecule has 142 valence electrons. The highest BCUT2D eigenvalue weighted by atomic mass is 16.2. The highest BCUT2D eigenvalue weighted by Gasteiger charge is 2.28. The zero-order chi connectivity index (χ0) is 18.8. The van der Waals surface area contributed by atoms with Crippen LogP contribution in [0.2, 0.25) is 0 Å². The number of aromatic nitrogens is 2. The minimum atomic E-state index is -0.546. The van der Waals surface area contributed by atoms with Gasteiger partial charge in [-0.25, -0.2) is 4.79 Å². The summed E-state index contributed by atoms with van der Waals surface area (Å²) in [6.45, 7) is 3.04. The predicted molar refractivity (Wildman–Crippen MR) is 102 cm³/mol. The van der Waals surface area contributed by atoms with Crippen LogP contribution in [0.3, 0.4) is 0 Å². The molecular formula is C20H24N4O3. The Bertz CT molecular complexity index is 940. The second-order valence-electron chi connectivity index (χ2n) is 7.32. The Kier molecular flexibility index (Phi) is 4.94. The van der Waals surface area contributed by atoms with E-state index in [2.05, 4.69) is 34.1 Å². The first-order valence-corrected chi connectivity index (χ1v) is 9.48. The molecule has 0 bridgehead atoms. The maximum Gasteiger partial charge on any atom is 0.328 e. The number of aryl methyl sites for hydroxylation is 1. The molecule has 1 fully saturated rings. The third kappa shape index (κ3) is 3.88. The number of nitrogens with one attached hydrogen (secondary N) is 1. The van der Waals surface area contributed by atoms with E-state index in [-0.39, 0.29) is 12.5 Å². The molecule has 1 saturated heterocycles. The smallest absolute Gasteiger partial charge is 0.328 e. The summed E-state index contributed by atoms with van der Waals surface area (Å²) in [5, 5.41) is 0. The Hall–Kier alpha value is -2.67. The molecule has 1 aromatic carbocycles. The van der Waals surface area contributed by atoms with Crippen LogP contribution in [0.5, 0.6) is 0 Å². The molecule has 2 aliphatic rings. The lowest BCUT2D eigenvalue weighted by molar-refractivity contribution is -0.134. The van der Waals surface area contributed by atoms with Crippen molar-refractivity contribution >= 4 is 5.91 Å². The van der Waals surface area contributed by atoms with E-state index in [0.29, 0.717) is 19.1 Å². The molecule has 1 atom stereocenters. The Balaban J connectivity index is 1.33. The van der Waals surface area contributed by atoms with E-state index in [9.17, 15) is 14.4 Å². The summed E-state index contributed by atoms with van der Waals surface area (Å²) in [5.41, 5.74) is 1.92. The van der Waals surface area contributed by atoms with E-state index < -0.39 is 11.2 Å². The van der Waals surface area contributed by atoms with Gasteiger partial charge in [0, 0.05) is 44.5 Å². The van der Waals surface area contributed by atoms with Crippen LogP contribution in [0.1, 0.15) is 17.5 Å². The number of fused-ring (bicyclic) bond motifs is 1. The van der Waals surface area contributed by atoms with Gasteiger partial charge in [-0.1, -0.05) is 24.3 Å². The molecule has 7 nitrogen and oxygen atoms in total.